The summed E-state index contributed by atoms with van der Waals surface area (Å²) >= 11 is 0. The first-order valence-corrected chi connectivity index (χ1v) is 5.59. The summed E-state index contributed by atoms with van der Waals surface area (Å²) in [6, 6.07) is 0.297. The largest absolute Gasteiger partial charge is 0.463 e. The Labute approximate surface area is 101 Å². The van der Waals surface area contributed by atoms with Gasteiger partial charge in [0.2, 0.25) is 11.9 Å². The van der Waals surface area contributed by atoms with Crippen LogP contribution in [0.2, 0.25) is 0 Å². The number of ether oxygens (including phenoxy) is 1. The number of hydrogen-bond acceptors (Lipinski definition) is 7. The number of aromatic nitrogens is 3. The smallest absolute Gasteiger partial charge is 0.323 e. The van der Waals surface area contributed by atoms with E-state index in [0.717, 1.165) is 6.42 Å². The summed E-state index contributed by atoms with van der Waals surface area (Å²) in [6.07, 6.45) is 0.891. The van der Waals surface area contributed by atoms with Crippen molar-refractivity contribution >= 4 is 11.9 Å². The van der Waals surface area contributed by atoms with Crippen LogP contribution in [0.4, 0.5) is 11.9 Å². The lowest BCUT2D eigenvalue weighted by Gasteiger charge is -2.16. The fourth-order valence-electron chi connectivity index (χ4n) is 1.14. The second-order valence-corrected chi connectivity index (χ2v) is 3.49. The van der Waals surface area contributed by atoms with Gasteiger partial charge in [0.1, 0.15) is 0 Å². The first-order chi connectivity index (χ1) is 8.21. The summed E-state index contributed by atoms with van der Waals surface area (Å²) in [4.78, 5) is 14.2. The Bertz CT molecular complexity index is 347. The molecule has 1 aromatic rings. The molecule has 0 fully saturated rings. The van der Waals surface area contributed by atoms with Crippen LogP contribution in [-0.4, -0.2) is 53.9 Å². The molecule has 0 saturated carbocycles. The van der Waals surface area contributed by atoms with E-state index in [1.807, 2.05) is 6.92 Å². The third-order valence-electron chi connectivity index (χ3n) is 2.04. The third-order valence-corrected chi connectivity index (χ3v) is 2.04. The van der Waals surface area contributed by atoms with Gasteiger partial charge in [-0.15, -0.1) is 0 Å². The Morgan fingerprint density at radius 3 is 2.71 bits per heavy atom. The van der Waals surface area contributed by atoms with Crippen molar-refractivity contribution < 1.29 is 9.84 Å². The molecule has 0 aliphatic heterocycles. The molecule has 0 bridgehead atoms. The van der Waals surface area contributed by atoms with Crippen molar-refractivity contribution in [3.8, 4) is 6.01 Å². The molecule has 2 N–H and O–H groups in total. The number of aliphatic hydroxyl groups excluding tert-OH is 1. The van der Waals surface area contributed by atoms with Crippen molar-refractivity contribution in [2.45, 2.75) is 13.3 Å². The predicted molar refractivity (Wildman–Crippen MR) is 65.5 cm³/mol. The molecule has 17 heavy (non-hydrogen) atoms. The monoisotopic (exact) mass is 241 g/mol. The van der Waals surface area contributed by atoms with Gasteiger partial charge in [-0.05, 0) is 6.42 Å². The van der Waals surface area contributed by atoms with Crippen LogP contribution in [0.5, 0.6) is 6.01 Å². The topological polar surface area (TPSA) is 83.4 Å². The second kappa shape index (κ2) is 6.85. The van der Waals surface area contributed by atoms with Gasteiger partial charge in [-0.25, -0.2) is 0 Å². The summed E-state index contributed by atoms with van der Waals surface area (Å²) in [5, 5.41) is 11.7. The number of likely N-dealkylation sites (N-methyl/N-ethyl adjacent to an activating group) is 1. The van der Waals surface area contributed by atoms with Gasteiger partial charge in [-0.1, -0.05) is 6.92 Å². The molecule has 7 heteroatoms. The molecule has 0 aliphatic carbocycles. The van der Waals surface area contributed by atoms with E-state index in [4.69, 9.17) is 9.84 Å². The SMILES string of the molecule is CCCOc1nc(NC)nc(N(C)CCO)n1. The molecule has 0 radical (unpaired) electrons. The lowest BCUT2D eigenvalue weighted by Crippen LogP contribution is -2.24. The van der Waals surface area contributed by atoms with Crippen LogP contribution >= 0.6 is 0 Å². The average Bonchev–Trinajstić information content (AvgIpc) is 2.36. The van der Waals surface area contributed by atoms with E-state index in [2.05, 4.69) is 20.3 Å². The summed E-state index contributed by atoms with van der Waals surface area (Å²) in [5.41, 5.74) is 0. The maximum Gasteiger partial charge on any atom is 0.323 e. The molecular weight excluding hydrogens is 222 g/mol. The zero-order valence-corrected chi connectivity index (χ0v) is 10.5. The standard InChI is InChI=1S/C10H19N5O2/c1-4-7-17-10-13-8(11-2)12-9(14-10)15(3)5-6-16/h16H,4-7H2,1-3H3,(H,11,12,13,14). The van der Waals surface area contributed by atoms with E-state index in [9.17, 15) is 0 Å². The molecule has 0 aliphatic rings. The van der Waals surface area contributed by atoms with Gasteiger partial charge in [-0.2, -0.15) is 15.0 Å². The van der Waals surface area contributed by atoms with Gasteiger partial charge in [0.25, 0.3) is 0 Å². The van der Waals surface area contributed by atoms with Crippen LogP contribution in [0.15, 0.2) is 0 Å². The minimum Gasteiger partial charge on any atom is -0.463 e. The van der Waals surface area contributed by atoms with Gasteiger partial charge in [-0.3, -0.25) is 0 Å². The van der Waals surface area contributed by atoms with E-state index in [0.29, 0.717) is 31.1 Å². The van der Waals surface area contributed by atoms with Gasteiger partial charge in [0.05, 0.1) is 13.2 Å². The van der Waals surface area contributed by atoms with Crippen LogP contribution in [0, 0.1) is 0 Å². The maximum absolute atomic E-state index is 8.88. The van der Waals surface area contributed by atoms with E-state index in [1.165, 1.54) is 0 Å². The first kappa shape index (κ1) is 13.4. The van der Waals surface area contributed by atoms with Crippen molar-refractivity contribution in [3.05, 3.63) is 0 Å². The number of aliphatic hydroxyl groups is 1. The highest BCUT2D eigenvalue weighted by atomic mass is 16.5. The Kier molecular flexibility index (Phi) is 5.41. The Balaban J connectivity index is 2.88. The van der Waals surface area contributed by atoms with Crippen LogP contribution in [0.1, 0.15) is 13.3 Å². The fourth-order valence-corrected chi connectivity index (χ4v) is 1.14. The highest BCUT2D eigenvalue weighted by Gasteiger charge is 2.09. The molecule has 0 atom stereocenters. The molecule has 1 aromatic heterocycles. The molecular formula is C10H19N5O2. The lowest BCUT2D eigenvalue weighted by atomic mass is 10.5. The highest BCUT2D eigenvalue weighted by molar-refractivity contribution is 5.37. The molecule has 0 amide bonds. The van der Waals surface area contributed by atoms with Crippen LogP contribution < -0.4 is 15.0 Å². The van der Waals surface area contributed by atoms with Crippen molar-refractivity contribution in [1.82, 2.24) is 15.0 Å². The molecule has 7 nitrogen and oxygen atoms in total. The molecule has 1 heterocycles. The first-order valence-electron chi connectivity index (χ1n) is 5.59. The van der Waals surface area contributed by atoms with Gasteiger partial charge in [0, 0.05) is 20.6 Å². The van der Waals surface area contributed by atoms with Gasteiger partial charge < -0.3 is 20.1 Å². The molecule has 0 unspecified atom stereocenters. The van der Waals surface area contributed by atoms with E-state index < -0.39 is 0 Å². The maximum atomic E-state index is 8.88. The lowest BCUT2D eigenvalue weighted by molar-refractivity contribution is 0.290. The van der Waals surface area contributed by atoms with Crippen LogP contribution in [-0.2, 0) is 0 Å². The van der Waals surface area contributed by atoms with Crippen LogP contribution in [0.25, 0.3) is 0 Å². The van der Waals surface area contributed by atoms with Crippen molar-refractivity contribution in [3.63, 3.8) is 0 Å². The Morgan fingerprint density at radius 1 is 1.35 bits per heavy atom. The number of hydrogen-bond donors (Lipinski definition) is 2. The highest BCUT2D eigenvalue weighted by Crippen LogP contribution is 2.13. The van der Waals surface area contributed by atoms with E-state index >= 15 is 0 Å². The zero-order chi connectivity index (χ0) is 12.7. The fraction of sp³-hybridized carbons (Fsp3) is 0.700. The van der Waals surface area contributed by atoms with Gasteiger partial charge >= 0.3 is 6.01 Å². The van der Waals surface area contributed by atoms with Crippen molar-refractivity contribution in [1.29, 1.82) is 0 Å². The average molecular weight is 241 g/mol. The summed E-state index contributed by atoms with van der Waals surface area (Å²) in [5.74, 6) is 0.926. The summed E-state index contributed by atoms with van der Waals surface area (Å²) in [7, 11) is 3.53. The molecule has 0 spiro atoms. The van der Waals surface area contributed by atoms with Crippen LogP contribution in [0.3, 0.4) is 0 Å². The molecule has 1 rings (SSSR count). The summed E-state index contributed by atoms with van der Waals surface area (Å²) in [6.45, 7) is 3.08. The Morgan fingerprint density at radius 2 is 2.12 bits per heavy atom. The molecule has 0 saturated heterocycles. The predicted octanol–water partition coefficient (Wildman–Crippen LogP) is 0.131. The second-order valence-electron chi connectivity index (χ2n) is 3.49. The third kappa shape index (κ3) is 4.03. The van der Waals surface area contributed by atoms with E-state index in [-0.39, 0.29) is 6.61 Å². The molecule has 96 valence electrons. The number of rotatable bonds is 7. The Hall–Kier alpha value is -1.63. The summed E-state index contributed by atoms with van der Waals surface area (Å²) < 4.78 is 5.38. The molecule has 0 aromatic carbocycles. The zero-order valence-electron chi connectivity index (χ0n) is 10.5. The number of anilines is 2. The quantitative estimate of drug-likeness (QED) is 0.702. The van der Waals surface area contributed by atoms with Crippen molar-refractivity contribution in [2.75, 3.05) is 44.1 Å². The minimum atomic E-state index is 0.0439. The number of nitrogens with one attached hydrogen (secondary N) is 1. The van der Waals surface area contributed by atoms with Gasteiger partial charge in [0.15, 0.2) is 0 Å². The van der Waals surface area contributed by atoms with Crippen molar-refractivity contribution in [2.24, 2.45) is 0 Å². The normalized spacial score (nSPS) is 10.1. The number of nitrogens with zero attached hydrogens (tertiary/aromatic N) is 4. The minimum absolute atomic E-state index is 0.0439. The van der Waals surface area contributed by atoms with E-state index in [1.54, 1.807) is 19.0 Å².